The van der Waals surface area contributed by atoms with Gasteiger partial charge in [0.1, 0.15) is 10.6 Å². The van der Waals surface area contributed by atoms with Gasteiger partial charge in [-0.2, -0.15) is 0 Å². The average Bonchev–Trinajstić information content (AvgIpc) is 2.79. The van der Waals surface area contributed by atoms with E-state index in [1.165, 1.54) is 18.2 Å². The Hall–Kier alpha value is -3.03. The largest absolute Gasteiger partial charge is 0.497 e. The second-order valence-corrected chi connectivity index (χ2v) is 9.83. The summed E-state index contributed by atoms with van der Waals surface area (Å²) in [5, 5.41) is 3.00. The molecule has 6 nitrogen and oxygen atoms in total. The molecule has 1 amide bonds. The fourth-order valence-electron chi connectivity index (χ4n) is 3.39. The number of ether oxygens (including phenoxy) is 1. The van der Waals surface area contributed by atoms with Crippen molar-refractivity contribution in [2.45, 2.75) is 38.1 Å². The first-order valence-electron chi connectivity index (χ1n) is 10.5. The SMILES string of the molecule is CC[C@@H](NC(=O)c1ccc(Cl)c(S(=O)(=O)Nc2cc(C)ccc2C)c1)c1ccc(OC)cc1. The number of halogens is 1. The van der Waals surface area contributed by atoms with Crippen molar-refractivity contribution in [2.24, 2.45) is 0 Å². The molecule has 3 rings (SSSR count). The van der Waals surface area contributed by atoms with E-state index in [0.717, 1.165) is 22.4 Å². The number of benzene rings is 3. The van der Waals surface area contributed by atoms with Crippen molar-refractivity contribution in [3.05, 3.63) is 87.9 Å². The van der Waals surface area contributed by atoms with Crippen molar-refractivity contribution in [1.82, 2.24) is 5.32 Å². The Morgan fingerprint density at radius 3 is 2.36 bits per heavy atom. The van der Waals surface area contributed by atoms with Crippen molar-refractivity contribution >= 4 is 33.2 Å². The fraction of sp³-hybridized carbons (Fsp3) is 0.240. The molecular weight excluding hydrogens is 460 g/mol. The molecule has 0 saturated heterocycles. The van der Waals surface area contributed by atoms with Crippen LogP contribution in [0, 0.1) is 13.8 Å². The van der Waals surface area contributed by atoms with E-state index in [0.29, 0.717) is 12.1 Å². The summed E-state index contributed by atoms with van der Waals surface area (Å²) < 4.78 is 33.9. The summed E-state index contributed by atoms with van der Waals surface area (Å²) in [7, 11) is -2.42. The summed E-state index contributed by atoms with van der Waals surface area (Å²) in [6.45, 7) is 5.65. The molecule has 2 N–H and O–H groups in total. The number of carbonyl (C=O) groups excluding carboxylic acids is 1. The molecule has 3 aromatic rings. The van der Waals surface area contributed by atoms with E-state index < -0.39 is 15.9 Å². The summed E-state index contributed by atoms with van der Waals surface area (Å²) in [5.74, 6) is 0.335. The van der Waals surface area contributed by atoms with Gasteiger partial charge in [-0.1, -0.05) is 42.8 Å². The highest BCUT2D eigenvalue weighted by Crippen LogP contribution is 2.27. The first-order valence-corrected chi connectivity index (χ1v) is 12.3. The van der Waals surface area contributed by atoms with Gasteiger partial charge in [-0.05, 0) is 73.4 Å². The third-order valence-corrected chi connectivity index (χ3v) is 7.20. The van der Waals surface area contributed by atoms with E-state index in [1.807, 2.05) is 57.2 Å². The molecular formula is C25H27ClN2O4S. The minimum absolute atomic E-state index is 0.0338. The lowest BCUT2D eigenvalue weighted by molar-refractivity contribution is 0.0935. The Morgan fingerprint density at radius 2 is 1.73 bits per heavy atom. The van der Waals surface area contributed by atoms with E-state index in [4.69, 9.17) is 16.3 Å². The number of methoxy groups -OCH3 is 1. The third-order valence-electron chi connectivity index (χ3n) is 5.35. The van der Waals surface area contributed by atoms with Crippen LogP contribution < -0.4 is 14.8 Å². The maximum atomic E-state index is 13.1. The first kappa shape index (κ1) is 24.6. The van der Waals surface area contributed by atoms with Crippen LogP contribution in [0.4, 0.5) is 5.69 Å². The molecule has 0 radical (unpaired) electrons. The van der Waals surface area contributed by atoms with Crippen LogP contribution in [-0.2, 0) is 10.0 Å². The van der Waals surface area contributed by atoms with Crippen molar-refractivity contribution in [3.8, 4) is 5.75 Å². The van der Waals surface area contributed by atoms with Crippen LogP contribution in [0.3, 0.4) is 0 Å². The number of aryl methyl sites for hydroxylation is 2. The van der Waals surface area contributed by atoms with Crippen molar-refractivity contribution in [3.63, 3.8) is 0 Å². The zero-order valence-electron chi connectivity index (χ0n) is 19.0. The molecule has 3 aromatic carbocycles. The van der Waals surface area contributed by atoms with E-state index in [2.05, 4.69) is 10.0 Å². The average molecular weight is 487 g/mol. The number of sulfonamides is 1. The van der Waals surface area contributed by atoms with Crippen LogP contribution in [0.2, 0.25) is 5.02 Å². The predicted octanol–water partition coefficient (Wildman–Crippen LogP) is 5.65. The summed E-state index contributed by atoms with van der Waals surface area (Å²) >= 11 is 6.22. The minimum Gasteiger partial charge on any atom is -0.497 e. The summed E-state index contributed by atoms with van der Waals surface area (Å²) in [6.07, 6.45) is 0.658. The van der Waals surface area contributed by atoms with Crippen LogP contribution >= 0.6 is 11.6 Å². The van der Waals surface area contributed by atoms with E-state index >= 15 is 0 Å². The smallest absolute Gasteiger partial charge is 0.263 e. The summed E-state index contributed by atoms with van der Waals surface area (Å²) in [6, 6.07) is 16.9. The van der Waals surface area contributed by atoms with Crippen LogP contribution in [0.15, 0.2) is 65.6 Å². The van der Waals surface area contributed by atoms with Gasteiger partial charge in [0.25, 0.3) is 15.9 Å². The molecule has 0 saturated carbocycles. The van der Waals surface area contributed by atoms with E-state index in [9.17, 15) is 13.2 Å². The number of hydrogen-bond donors (Lipinski definition) is 2. The molecule has 8 heteroatoms. The Kier molecular flexibility index (Phi) is 7.66. The maximum absolute atomic E-state index is 13.1. The molecule has 0 aliphatic carbocycles. The number of amides is 1. The zero-order valence-corrected chi connectivity index (χ0v) is 20.5. The molecule has 0 heterocycles. The van der Waals surface area contributed by atoms with Crippen molar-refractivity contribution < 1.29 is 17.9 Å². The molecule has 0 bridgehead atoms. The highest BCUT2D eigenvalue weighted by Gasteiger charge is 2.22. The molecule has 33 heavy (non-hydrogen) atoms. The Labute approximate surface area is 200 Å². The number of hydrogen-bond acceptors (Lipinski definition) is 4. The quantitative estimate of drug-likeness (QED) is 0.431. The van der Waals surface area contributed by atoms with Crippen LogP contribution in [-0.4, -0.2) is 21.4 Å². The van der Waals surface area contributed by atoms with Crippen molar-refractivity contribution in [1.29, 1.82) is 0 Å². The van der Waals surface area contributed by atoms with Gasteiger partial charge >= 0.3 is 0 Å². The lowest BCUT2D eigenvalue weighted by atomic mass is 10.0. The van der Waals surface area contributed by atoms with Crippen molar-refractivity contribution in [2.75, 3.05) is 11.8 Å². The zero-order chi connectivity index (χ0) is 24.2. The standard InChI is InChI=1S/C25H27ClN2O4S/c1-5-22(18-8-11-20(32-4)12-9-18)27-25(29)19-10-13-21(26)24(15-19)33(30,31)28-23-14-16(2)6-7-17(23)3/h6-15,22,28H,5H2,1-4H3,(H,27,29)/t22-/m1/s1. The molecule has 0 aliphatic heterocycles. The maximum Gasteiger partial charge on any atom is 0.263 e. The van der Waals surface area contributed by atoms with Crippen LogP contribution in [0.5, 0.6) is 5.75 Å². The second-order valence-electron chi connectivity index (χ2n) is 7.78. The number of carbonyl (C=O) groups is 1. The monoisotopic (exact) mass is 486 g/mol. The molecule has 0 aromatic heterocycles. The number of rotatable bonds is 8. The summed E-state index contributed by atoms with van der Waals surface area (Å²) in [5.41, 5.74) is 3.28. The lowest BCUT2D eigenvalue weighted by Crippen LogP contribution is -2.28. The Bertz CT molecular complexity index is 1260. The second kappa shape index (κ2) is 10.3. The normalized spacial score (nSPS) is 12.2. The molecule has 0 fully saturated rings. The van der Waals surface area contributed by atoms with Gasteiger partial charge in [-0.15, -0.1) is 0 Å². The third kappa shape index (κ3) is 5.86. The Morgan fingerprint density at radius 1 is 1.03 bits per heavy atom. The topological polar surface area (TPSA) is 84.5 Å². The van der Waals surface area contributed by atoms with Gasteiger partial charge in [-0.25, -0.2) is 8.42 Å². The van der Waals surface area contributed by atoms with Gasteiger partial charge in [0, 0.05) is 5.56 Å². The molecule has 1 atom stereocenters. The number of nitrogens with one attached hydrogen (secondary N) is 2. The highest BCUT2D eigenvalue weighted by molar-refractivity contribution is 7.92. The molecule has 0 spiro atoms. The van der Waals surface area contributed by atoms with Gasteiger partial charge in [0.15, 0.2) is 0 Å². The van der Waals surface area contributed by atoms with Crippen LogP contribution in [0.1, 0.15) is 46.4 Å². The Balaban J connectivity index is 1.86. The predicted molar refractivity (Wildman–Crippen MR) is 132 cm³/mol. The van der Waals surface area contributed by atoms with Gasteiger partial charge in [0.2, 0.25) is 0 Å². The van der Waals surface area contributed by atoms with E-state index in [-0.39, 0.29) is 21.5 Å². The molecule has 0 aliphatic rings. The fourth-order valence-corrected chi connectivity index (χ4v) is 5.04. The van der Waals surface area contributed by atoms with Gasteiger partial charge in [0.05, 0.1) is 23.9 Å². The van der Waals surface area contributed by atoms with Gasteiger partial charge < -0.3 is 10.1 Å². The first-order chi connectivity index (χ1) is 15.6. The molecule has 174 valence electrons. The lowest BCUT2D eigenvalue weighted by Gasteiger charge is -2.18. The number of anilines is 1. The van der Waals surface area contributed by atoms with Crippen LogP contribution in [0.25, 0.3) is 0 Å². The minimum atomic E-state index is -4.01. The van der Waals surface area contributed by atoms with Gasteiger partial charge in [-0.3, -0.25) is 9.52 Å². The van der Waals surface area contributed by atoms with E-state index in [1.54, 1.807) is 13.2 Å². The highest BCUT2D eigenvalue weighted by atomic mass is 35.5. The molecule has 0 unspecified atom stereocenters. The summed E-state index contributed by atoms with van der Waals surface area (Å²) in [4.78, 5) is 12.8.